The predicted octanol–water partition coefficient (Wildman–Crippen LogP) is 2.72. The van der Waals surface area contributed by atoms with Crippen LogP contribution in [-0.4, -0.2) is 29.4 Å². The van der Waals surface area contributed by atoms with E-state index in [1.54, 1.807) is 12.3 Å². The maximum absolute atomic E-state index is 11.6. The second-order valence-corrected chi connectivity index (χ2v) is 5.22. The molecule has 3 nitrogen and oxygen atoms in total. The number of unbranched alkanes of at least 4 members (excludes halogenated alkanes) is 1. The Morgan fingerprint density at radius 2 is 2.31 bits per heavy atom. The Morgan fingerprint density at radius 1 is 1.50 bits per heavy atom. The van der Waals surface area contributed by atoms with Crippen molar-refractivity contribution < 1.29 is 4.79 Å². The van der Waals surface area contributed by atoms with Crippen LogP contribution >= 0.6 is 27.7 Å². The van der Waals surface area contributed by atoms with E-state index in [-0.39, 0.29) is 5.91 Å². The number of hydrogen-bond acceptors (Lipinski definition) is 3. The summed E-state index contributed by atoms with van der Waals surface area (Å²) < 4.78 is 0.879. The summed E-state index contributed by atoms with van der Waals surface area (Å²) in [5, 5.41) is 2.85. The lowest BCUT2D eigenvalue weighted by Crippen LogP contribution is -2.25. The summed E-state index contributed by atoms with van der Waals surface area (Å²) in [5.41, 5.74) is 0.466. The molecule has 5 heteroatoms. The van der Waals surface area contributed by atoms with Crippen molar-refractivity contribution in [3.63, 3.8) is 0 Å². The first kappa shape index (κ1) is 13.5. The van der Waals surface area contributed by atoms with Crippen LogP contribution in [0, 0.1) is 0 Å². The Hall–Kier alpha value is -0.550. The molecule has 0 saturated carbocycles. The lowest BCUT2D eigenvalue weighted by Gasteiger charge is -2.04. The van der Waals surface area contributed by atoms with Crippen molar-refractivity contribution in [2.75, 3.05) is 18.6 Å². The van der Waals surface area contributed by atoms with E-state index >= 15 is 0 Å². The topological polar surface area (TPSA) is 42.0 Å². The van der Waals surface area contributed by atoms with Crippen molar-refractivity contribution in [2.45, 2.75) is 12.8 Å². The summed E-state index contributed by atoms with van der Waals surface area (Å²) in [6, 6.07) is 3.52. The van der Waals surface area contributed by atoms with Crippen LogP contribution in [0.4, 0.5) is 0 Å². The van der Waals surface area contributed by atoms with Gasteiger partial charge < -0.3 is 5.32 Å². The SMILES string of the molecule is CSCCCCNC(=O)c1ccc(Br)cn1. The summed E-state index contributed by atoms with van der Waals surface area (Å²) in [6.07, 6.45) is 5.87. The second-order valence-electron chi connectivity index (χ2n) is 3.32. The molecular weight excluding hydrogens is 288 g/mol. The van der Waals surface area contributed by atoms with Crippen molar-refractivity contribution in [2.24, 2.45) is 0 Å². The van der Waals surface area contributed by atoms with Gasteiger partial charge in [-0.25, -0.2) is 4.98 Å². The molecule has 0 spiro atoms. The molecule has 16 heavy (non-hydrogen) atoms. The minimum Gasteiger partial charge on any atom is -0.351 e. The maximum Gasteiger partial charge on any atom is 0.269 e. The van der Waals surface area contributed by atoms with Gasteiger partial charge in [0.05, 0.1) is 0 Å². The number of hydrogen-bond donors (Lipinski definition) is 1. The van der Waals surface area contributed by atoms with Crippen molar-refractivity contribution in [1.29, 1.82) is 0 Å². The average Bonchev–Trinajstić information content (AvgIpc) is 2.29. The lowest BCUT2D eigenvalue weighted by atomic mass is 10.3. The summed E-state index contributed by atoms with van der Waals surface area (Å²) in [7, 11) is 0. The number of aromatic nitrogens is 1. The van der Waals surface area contributed by atoms with E-state index in [1.807, 2.05) is 17.8 Å². The number of thioether (sulfide) groups is 1. The molecule has 0 saturated heterocycles. The Balaban J connectivity index is 2.27. The zero-order chi connectivity index (χ0) is 11.8. The standard InChI is InChI=1S/C11H15BrN2OS/c1-16-7-3-2-6-13-11(15)10-5-4-9(12)8-14-10/h4-5,8H,2-3,6-7H2,1H3,(H,13,15). The van der Waals surface area contributed by atoms with Crippen LogP contribution in [0.2, 0.25) is 0 Å². The summed E-state index contributed by atoms with van der Waals surface area (Å²) in [4.78, 5) is 15.6. The fourth-order valence-electron chi connectivity index (χ4n) is 1.17. The Labute approximate surface area is 109 Å². The van der Waals surface area contributed by atoms with Crippen molar-refractivity contribution in [1.82, 2.24) is 10.3 Å². The molecule has 1 N–H and O–H groups in total. The summed E-state index contributed by atoms with van der Waals surface area (Å²) in [5.74, 6) is 1.04. The van der Waals surface area contributed by atoms with Gasteiger partial charge in [0.25, 0.3) is 5.91 Å². The molecule has 0 aromatic carbocycles. The van der Waals surface area contributed by atoms with Gasteiger partial charge >= 0.3 is 0 Å². The monoisotopic (exact) mass is 302 g/mol. The number of pyridine rings is 1. The Bertz CT molecular complexity index is 329. The van der Waals surface area contributed by atoms with E-state index in [9.17, 15) is 4.79 Å². The van der Waals surface area contributed by atoms with E-state index in [0.29, 0.717) is 5.69 Å². The molecule has 0 aliphatic rings. The van der Waals surface area contributed by atoms with Gasteiger partial charge in [0, 0.05) is 17.2 Å². The van der Waals surface area contributed by atoms with Crippen LogP contribution in [-0.2, 0) is 0 Å². The molecule has 88 valence electrons. The molecule has 0 aliphatic carbocycles. The molecule has 1 heterocycles. The molecule has 0 atom stereocenters. The van der Waals surface area contributed by atoms with Gasteiger partial charge in [-0.05, 0) is 52.9 Å². The first-order valence-corrected chi connectivity index (χ1v) is 7.31. The van der Waals surface area contributed by atoms with Gasteiger partial charge in [0.15, 0.2) is 0 Å². The highest BCUT2D eigenvalue weighted by Gasteiger charge is 2.05. The highest BCUT2D eigenvalue weighted by Crippen LogP contribution is 2.07. The normalized spacial score (nSPS) is 10.1. The van der Waals surface area contributed by atoms with E-state index < -0.39 is 0 Å². The average molecular weight is 303 g/mol. The zero-order valence-corrected chi connectivity index (χ0v) is 11.6. The molecule has 1 amide bonds. The second kappa shape index (κ2) is 7.68. The molecule has 0 bridgehead atoms. The van der Waals surface area contributed by atoms with Gasteiger partial charge in [-0.2, -0.15) is 11.8 Å². The fourth-order valence-corrected chi connectivity index (χ4v) is 1.90. The molecule has 1 rings (SSSR count). The van der Waals surface area contributed by atoms with Gasteiger partial charge in [0.2, 0.25) is 0 Å². The van der Waals surface area contributed by atoms with Crippen LogP contribution in [0.25, 0.3) is 0 Å². The molecule has 1 aromatic heterocycles. The predicted molar refractivity (Wildman–Crippen MR) is 71.9 cm³/mol. The van der Waals surface area contributed by atoms with E-state index in [4.69, 9.17) is 0 Å². The van der Waals surface area contributed by atoms with Gasteiger partial charge in [-0.3, -0.25) is 4.79 Å². The first-order valence-electron chi connectivity index (χ1n) is 5.12. The number of amides is 1. The molecule has 1 aromatic rings. The molecular formula is C11H15BrN2OS. The molecule has 0 unspecified atom stereocenters. The third-order valence-corrected chi connectivity index (χ3v) is 3.19. The summed E-state index contributed by atoms with van der Waals surface area (Å²) in [6.45, 7) is 0.719. The van der Waals surface area contributed by atoms with Crippen LogP contribution in [0.3, 0.4) is 0 Å². The number of rotatable bonds is 6. The third-order valence-electron chi connectivity index (χ3n) is 2.02. The van der Waals surface area contributed by atoms with Crippen LogP contribution in [0.5, 0.6) is 0 Å². The van der Waals surface area contributed by atoms with Gasteiger partial charge in [-0.1, -0.05) is 0 Å². The minimum atomic E-state index is -0.100. The Kier molecular flexibility index (Phi) is 6.49. The largest absolute Gasteiger partial charge is 0.351 e. The van der Waals surface area contributed by atoms with Gasteiger partial charge in [-0.15, -0.1) is 0 Å². The highest BCUT2D eigenvalue weighted by molar-refractivity contribution is 9.10. The van der Waals surface area contributed by atoms with Crippen LogP contribution in [0.1, 0.15) is 23.3 Å². The highest BCUT2D eigenvalue weighted by atomic mass is 79.9. The van der Waals surface area contributed by atoms with Crippen LogP contribution < -0.4 is 5.32 Å². The fraction of sp³-hybridized carbons (Fsp3) is 0.455. The van der Waals surface area contributed by atoms with E-state index in [1.165, 1.54) is 0 Å². The number of carbonyl (C=O) groups is 1. The van der Waals surface area contributed by atoms with E-state index in [2.05, 4.69) is 32.5 Å². The molecule has 0 aliphatic heterocycles. The smallest absolute Gasteiger partial charge is 0.269 e. The number of halogens is 1. The van der Waals surface area contributed by atoms with Crippen molar-refractivity contribution in [3.05, 3.63) is 28.5 Å². The van der Waals surface area contributed by atoms with Crippen molar-refractivity contribution in [3.8, 4) is 0 Å². The quantitative estimate of drug-likeness (QED) is 0.822. The van der Waals surface area contributed by atoms with E-state index in [0.717, 1.165) is 29.6 Å². The number of carbonyl (C=O) groups excluding carboxylic acids is 1. The van der Waals surface area contributed by atoms with Crippen LogP contribution in [0.15, 0.2) is 22.8 Å². The Morgan fingerprint density at radius 3 is 2.94 bits per heavy atom. The number of nitrogens with one attached hydrogen (secondary N) is 1. The third kappa shape index (κ3) is 4.99. The number of nitrogens with zero attached hydrogens (tertiary/aromatic N) is 1. The minimum absolute atomic E-state index is 0.100. The first-order chi connectivity index (χ1) is 7.74. The summed E-state index contributed by atoms with van der Waals surface area (Å²) >= 11 is 5.11. The van der Waals surface area contributed by atoms with Gasteiger partial charge in [0.1, 0.15) is 5.69 Å². The van der Waals surface area contributed by atoms with Crippen molar-refractivity contribution >= 4 is 33.6 Å². The maximum atomic E-state index is 11.6. The lowest BCUT2D eigenvalue weighted by molar-refractivity contribution is 0.0948. The molecule has 0 radical (unpaired) electrons. The zero-order valence-electron chi connectivity index (χ0n) is 9.20. The molecule has 0 fully saturated rings.